The van der Waals surface area contributed by atoms with E-state index in [9.17, 15) is 23.3 Å². The van der Waals surface area contributed by atoms with Crippen molar-refractivity contribution in [3.8, 4) is 6.07 Å². The summed E-state index contributed by atoms with van der Waals surface area (Å²) in [5, 5.41) is 12.7. The maximum absolute atomic E-state index is 12.5. The van der Waals surface area contributed by atoms with Gasteiger partial charge in [-0.05, 0) is 35.4 Å². The molecule has 1 amide bonds. The van der Waals surface area contributed by atoms with Crippen LogP contribution >= 0.6 is 0 Å². The van der Waals surface area contributed by atoms with E-state index >= 15 is 0 Å². The van der Waals surface area contributed by atoms with Crippen molar-refractivity contribution in [2.75, 3.05) is 18.5 Å². The van der Waals surface area contributed by atoms with Gasteiger partial charge >= 0.3 is 5.97 Å². The Morgan fingerprint density at radius 1 is 0.914 bits per heavy atom. The highest BCUT2D eigenvalue weighted by molar-refractivity contribution is 7.89. The van der Waals surface area contributed by atoms with Gasteiger partial charge in [-0.3, -0.25) is 9.59 Å². The first-order valence-electron chi connectivity index (χ1n) is 10.8. The van der Waals surface area contributed by atoms with Crippen LogP contribution in [0.5, 0.6) is 0 Å². The van der Waals surface area contributed by atoms with Crippen LogP contribution in [-0.2, 0) is 29.8 Å². The summed E-state index contributed by atoms with van der Waals surface area (Å²) in [6, 6.07) is 26.4. The van der Waals surface area contributed by atoms with Gasteiger partial charge in [-0.2, -0.15) is 9.98 Å². The van der Waals surface area contributed by atoms with Crippen molar-refractivity contribution in [1.82, 2.24) is 4.72 Å². The molecule has 0 fully saturated rings. The van der Waals surface area contributed by atoms with Crippen molar-refractivity contribution in [2.24, 2.45) is 0 Å². The largest absolute Gasteiger partial charge is 0.465 e. The van der Waals surface area contributed by atoms with E-state index in [1.165, 1.54) is 31.2 Å². The molecule has 0 aliphatic rings. The summed E-state index contributed by atoms with van der Waals surface area (Å²) in [5.41, 5.74) is 0.966. The first-order chi connectivity index (χ1) is 16.8. The molecule has 0 aliphatic heterocycles. The second-order valence-electron chi connectivity index (χ2n) is 7.75. The minimum absolute atomic E-state index is 0.0592. The molecule has 0 saturated carbocycles. The molecule has 35 heavy (non-hydrogen) atoms. The number of nitrogens with zero attached hydrogens (tertiary/aromatic N) is 1. The van der Waals surface area contributed by atoms with Crippen molar-refractivity contribution in [1.29, 1.82) is 5.26 Å². The molecule has 0 aromatic heterocycles. The van der Waals surface area contributed by atoms with E-state index in [1.807, 2.05) is 60.7 Å². The van der Waals surface area contributed by atoms with Gasteiger partial charge in [-0.1, -0.05) is 60.7 Å². The van der Waals surface area contributed by atoms with Crippen molar-refractivity contribution in [3.05, 3.63) is 96.1 Å². The third kappa shape index (κ3) is 6.53. The standard InChI is InChI=1S/C26H25N3O5S/c1-20(30)29-23-12-14-24(15-13-23)35(32,33)28-18-25(31)34-17-16-26(19-27,21-8-4-2-5-9-21)22-10-6-3-7-11-22/h2-15,28H,16-18H2,1H3,(H,29,30). The van der Waals surface area contributed by atoms with E-state index < -0.39 is 28.0 Å². The first kappa shape index (κ1) is 25.6. The van der Waals surface area contributed by atoms with Crippen LogP contribution in [0.4, 0.5) is 5.69 Å². The Bertz CT molecular complexity index is 1260. The lowest BCUT2D eigenvalue weighted by Crippen LogP contribution is -2.32. The predicted octanol–water partition coefficient (Wildman–Crippen LogP) is 3.37. The Morgan fingerprint density at radius 2 is 1.46 bits per heavy atom. The van der Waals surface area contributed by atoms with Crippen molar-refractivity contribution in [3.63, 3.8) is 0 Å². The Labute approximate surface area is 204 Å². The second-order valence-corrected chi connectivity index (χ2v) is 9.52. The van der Waals surface area contributed by atoms with Crippen LogP contribution in [0.15, 0.2) is 89.8 Å². The Hall–Kier alpha value is -4.00. The maximum atomic E-state index is 12.5. The highest BCUT2D eigenvalue weighted by Gasteiger charge is 2.34. The summed E-state index contributed by atoms with van der Waals surface area (Å²) in [6.45, 7) is 0.702. The molecule has 0 bridgehead atoms. The summed E-state index contributed by atoms with van der Waals surface area (Å²) in [6.07, 6.45) is 0.195. The molecule has 3 aromatic carbocycles. The lowest BCUT2D eigenvalue weighted by molar-refractivity contribution is -0.142. The van der Waals surface area contributed by atoms with E-state index in [0.717, 1.165) is 11.1 Å². The van der Waals surface area contributed by atoms with E-state index in [4.69, 9.17) is 4.74 Å². The molecule has 3 aromatic rings. The molecule has 2 N–H and O–H groups in total. The highest BCUT2D eigenvalue weighted by atomic mass is 32.2. The van der Waals surface area contributed by atoms with Crippen LogP contribution in [0.2, 0.25) is 0 Å². The topological polar surface area (TPSA) is 125 Å². The Balaban J connectivity index is 1.62. The van der Waals surface area contributed by atoms with Crippen LogP contribution in [0.25, 0.3) is 0 Å². The number of carbonyl (C=O) groups is 2. The molecule has 9 heteroatoms. The minimum Gasteiger partial charge on any atom is -0.465 e. The zero-order valence-electron chi connectivity index (χ0n) is 19.1. The van der Waals surface area contributed by atoms with Crippen molar-refractivity contribution >= 4 is 27.6 Å². The summed E-state index contributed by atoms with van der Waals surface area (Å²) in [5.74, 6) is -1.04. The molecule has 180 valence electrons. The molecular formula is C26H25N3O5S. The van der Waals surface area contributed by atoms with Crippen LogP contribution in [0.1, 0.15) is 24.5 Å². The maximum Gasteiger partial charge on any atom is 0.321 e. The summed E-state index contributed by atoms with van der Waals surface area (Å²) in [4.78, 5) is 23.3. The van der Waals surface area contributed by atoms with Gasteiger partial charge in [0.25, 0.3) is 0 Å². The van der Waals surface area contributed by atoms with Gasteiger partial charge in [-0.25, -0.2) is 8.42 Å². The van der Waals surface area contributed by atoms with Gasteiger partial charge in [0, 0.05) is 19.0 Å². The summed E-state index contributed by atoms with van der Waals surface area (Å²) >= 11 is 0. The normalized spacial score (nSPS) is 11.3. The van der Waals surface area contributed by atoms with E-state index in [0.29, 0.717) is 5.69 Å². The molecule has 8 nitrogen and oxygen atoms in total. The van der Waals surface area contributed by atoms with Gasteiger partial charge in [0.2, 0.25) is 15.9 Å². The number of hydrogen-bond acceptors (Lipinski definition) is 6. The number of benzene rings is 3. The Morgan fingerprint density at radius 3 is 1.94 bits per heavy atom. The molecule has 0 heterocycles. The van der Waals surface area contributed by atoms with Gasteiger partial charge < -0.3 is 10.1 Å². The number of anilines is 1. The number of ether oxygens (including phenoxy) is 1. The molecule has 0 unspecified atom stereocenters. The third-order valence-electron chi connectivity index (χ3n) is 5.36. The molecule has 0 atom stereocenters. The fourth-order valence-electron chi connectivity index (χ4n) is 3.61. The van der Waals surface area contributed by atoms with Gasteiger partial charge in [0.1, 0.15) is 12.0 Å². The van der Waals surface area contributed by atoms with Crippen LogP contribution in [0.3, 0.4) is 0 Å². The van der Waals surface area contributed by atoms with Gasteiger partial charge in [0.15, 0.2) is 0 Å². The predicted molar refractivity (Wildman–Crippen MR) is 131 cm³/mol. The van der Waals surface area contributed by atoms with E-state index in [1.54, 1.807) is 0 Å². The fraction of sp³-hybridized carbons (Fsp3) is 0.192. The average molecular weight is 492 g/mol. The minimum atomic E-state index is -3.96. The number of sulfonamides is 1. The quantitative estimate of drug-likeness (QED) is 0.419. The molecule has 0 radical (unpaired) electrons. The smallest absolute Gasteiger partial charge is 0.321 e. The lowest BCUT2D eigenvalue weighted by Gasteiger charge is -2.27. The summed E-state index contributed by atoms with van der Waals surface area (Å²) < 4.78 is 32.4. The third-order valence-corrected chi connectivity index (χ3v) is 6.77. The molecular weight excluding hydrogens is 466 g/mol. The SMILES string of the molecule is CC(=O)Nc1ccc(S(=O)(=O)NCC(=O)OCCC(C#N)(c2ccccc2)c2ccccc2)cc1. The number of nitrogens with one attached hydrogen (secondary N) is 2. The first-order valence-corrected chi connectivity index (χ1v) is 12.3. The number of esters is 1. The number of nitriles is 1. The lowest BCUT2D eigenvalue weighted by atomic mass is 9.73. The highest BCUT2D eigenvalue weighted by Crippen LogP contribution is 2.35. The zero-order chi connectivity index (χ0) is 25.3. The zero-order valence-corrected chi connectivity index (χ0v) is 19.9. The monoisotopic (exact) mass is 491 g/mol. The second kappa shape index (κ2) is 11.4. The summed E-state index contributed by atoms with van der Waals surface area (Å²) in [7, 11) is -3.96. The van der Waals surface area contributed by atoms with Gasteiger partial charge in [0.05, 0.1) is 17.6 Å². The van der Waals surface area contributed by atoms with Crippen LogP contribution < -0.4 is 10.0 Å². The van der Waals surface area contributed by atoms with Crippen molar-refractivity contribution < 1.29 is 22.7 Å². The van der Waals surface area contributed by atoms with Crippen LogP contribution in [0, 0.1) is 11.3 Å². The number of rotatable bonds is 10. The van der Waals surface area contributed by atoms with Crippen LogP contribution in [-0.4, -0.2) is 33.4 Å². The molecule has 0 aliphatic carbocycles. The molecule has 0 saturated heterocycles. The number of amides is 1. The van der Waals surface area contributed by atoms with Gasteiger partial charge in [-0.15, -0.1) is 0 Å². The van der Waals surface area contributed by atoms with E-state index in [-0.39, 0.29) is 23.8 Å². The average Bonchev–Trinajstić information content (AvgIpc) is 2.87. The number of carbonyl (C=O) groups excluding carboxylic acids is 2. The Kier molecular flexibility index (Phi) is 8.36. The molecule has 3 rings (SSSR count). The fourth-order valence-corrected chi connectivity index (χ4v) is 4.58. The van der Waals surface area contributed by atoms with E-state index in [2.05, 4.69) is 16.1 Å². The number of hydrogen-bond donors (Lipinski definition) is 2. The van der Waals surface area contributed by atoms with Crippen molar-refractivity contribution in [2.45, 2.75) is 23.7 Å². The molecule has 0 spiro atoms.